The second-order valence-corrected chi connectivity index (χ2v) is 2.33. The lowest BCUT2D eigenvalue weighted by atomic mass is 10.2. The van der Waals surface area contributed by atoms with Crippen molar-refractivity contribution in [3.63, 3.8) is 0 Å². The van der Waals surface area contributed by atoms with E-state index in [9.17, 15) is 4.79 Å². The molecule has 1 aliphatic heterocycles. The highest BCUT2D eigenvalue weighted by atomic mass is 16.5. The van der Waals surface area contributed by atoms with Crippen LogP contribution in [-0.4, -0.2) is 36.9 Å². The van der Waals surface area contributed by atoms with Crippen molar-refractivity contribution in [1.29, 1.82) is 0 Å². The van der Waals surface area contributed by atoms with Crippen molar-refractivity contribution < 1.29 is 14.6 Å². The lowest BCUT2D eigenvalue weighted by Crippen LogP contribution is -2.39. The van der Waals surface area contributed by atoms with Gasteiger partial charge in [-0.25, -0.2) is 0 Å². The molecule has 2 atom stereocenters. The van der Waals surface area contributed by atoms with E-state index in [1.165, 1.54) is 7.11 Å². The number of carbonyl (C=O) groups is 1. The molecule has 0 amide bonds. The van der Waals surface area contributed by atoms with Gasteiger partial charge in [-0.1, -0.05) is 0 Å². The highest BCUT2D eigenvalue weighted by Crippen LogP contribution is 2.09. The second-order valence-electron chi connectivity index (χ2n) is 2.33. The molecule has 1 fully saturated rings. The van der Waals surface area contributed by atoms with Crippen LogP contribution in [0.4, 0.5) is 0 Å². The number of aliphatic carboxylic acids is 1. The molecule has 2 N–H and O–H groups in total. The van der Waals surface area contributed by atoms with Crippen LogP contribution < -0.4 is 5.32 Å². The Morgan fingerprint density at radius 3 is 2.90 bits per heavy atom. The van der Waals surface area contributed by atoms with Gasteiger partial charge in [0, 0.05) is 7.11 Å². The van der Waals surface area contributed by atoms with Gasteiger partial charge in [-0.3, -0.25) is 4.79 Å². The zero-order valence-electron chi connectivity index (χ0n) is 5.83. The van der Waals surface area contributed by atoms with Crippen molar-refractivity contribution in [2.45, 2.75) is 18.6 Å². The van der Waals surface area contributed by atoms with E-state index in [1.54, 1.807) is 0 Å². The first kappa shape index (κ1) is 7.50. The van der Waals surface area contributed by atoms with E-state index in [0.717, 1.165) is 13.0 Å². The van der Waals surface area contributed by atoms with Gasteiger partial charge >= 0.3 is 5.97 Å². The number of nitrogens with one attached hydrogen (secondary N) is 1. The van der Waals surface area contributed by atoms with Gasteiger partial charge in [0.05, 0.1) is 6.10 Å². The second kappa shape index (κ2) is 2.98. The maximum absolute atomic E-state index is 10.4. The summed E-state index contributed by atoms with van der Waals surface area (Å²) in [6.45, 7) is 0.732. The van der Waals surface area contributed by atoms with Crippen LogP contribution in [0.1, 0.15) is 6.42 Å². The third kappa shape index (κ3) is 1.27. The summed E-state index contributed by atoms with van der Waals surface area (Å²) in [5.41, 5.74) is 0. The maximum Gasteiger partial charge on any atom is 0.323 e. The number of carboxylic acids is 1. The molecule has 58 valence electrons. The van der Waals surface area contributed by atoms with Crippen LogP contribution in [0.15, 0.2) is 0 Å². The maximum atomic E-state index is 10.4. The van der Waals surface area contributed by atoms with Gasteiger partial charge in [0.25, 0.3) is 0 Å². The number of hydrogen-bond acceptors (Lipinski definition) is 3. The molecular formula is C6H11NO3. The van der Waals surface area contributed by atoms with E-state index in [0.29, 0.717) is 0 Å². The molecular weight excluding hydrogens is 134 g/mol. The summed E-state index contributed by atoms with van der Waals surface area (Å²) in [6, 6.07) is -0.509. The van der Waals surface area contributed by atoms with Crippen molar-refractivity contribution >= 4 is 5.97 Å². The molecule has 10 heavy (non-hydrogen) atoms. The van der Waals surface area contributed by atoms with Crippen LogP contribution in [0.5, 0.6) is 0 Å². The van der Waals surface area contributed by atoms with Crippen molar-refractivity contribution in [3.8, 4) is 0 Å². The van der Waals surface area contributed by atoms with Crippen LogP contribution in [-0.2, 0) is 9.53 Å². The van der Waals surface area contributed by atoms with Gasteiger partial charge in [0.1, 0.15) is 6.04 Å². The van der Waals surface area contributed by atoms with Gasteiger partial charge in [-0.2, -0.15) is 0 Å². The molecule has 0 radical (unpaired) electrons. The van der Waals surface area contributed by atoms with Crippen molar-refractivity contribution in [2.75, 3.05) is 13.7 Å². The Kier molecular flexibility index (Phi) is 2.24. The molecule has 0 aliphatic carbocycles. The van der Waals surface area contributed by atoms with Crippen LogP contribution in [0, 0.1) is 0 Å². The third-order valence-electron chi connectivity index (χ3n) is 1.73. The van der Waals surface area contributed by atoms with Crippen molar-refractivity contribution in [1.82, 2.24) is 5.32 Å². The summed E-state index contributed by atoms with van der Waals surface area (Å²) >= 11 is 0. The molecule has 1 heterocycles. The summed E-state index contributed by atoms with van der Waals surface area (Å²) in [4.78, 5) is 10.4. The predicted molar refractivity (Wildman–Crippen MR) is 34.8 cm³/mol. The van der Waals surface area contributed by atoms with Crippen molar-refractivity contribution in [3.05, 3.63) is 0 Å². The summed E-state index contributed by atoms with van der Waals surface area (Å²) in [6.07, 6.45) is 0.630. The fraction of sp³-hybridized carbons (Fsp3) is 0.833. The van der Waals surface area contributed by atoms with E-state index in [1.807, 2.05) is 0 Å². The van der Waals surface area contributed by atoms with Gasteiger partial charge in [0.2, 0.25) is 0 Å². The molecule has 4 nitrogen and oxygen atoms in total. The molecule has 0 saturated carbocycles. The zero-order chi connectivity index (χ0) is 7.56. The Bertz CT molecular complexity index is 137. The number of methoxy groups -OCH3 is 1. The average molecular weight is 145 g/mol. The number of hydrogen-bond donors (Lipinski definition) is 2. The highest BCUT2D eigenvalue weighted by molar-refractivity contribution is 5.74. The van der Waals surface area contributed by atoms with E-state index in [-0.39, 0.29) is 6.10 Å². The molecule has 1 saturated heterocycles. The van der Waals surface area contributed by atoms with Gasteiger partial charge in [-0.05, 0) is 13.0 Å². The fourth-order valence-corrected chi connectivity index (χ4v) is 1.18. The van der Waals surface area contributed by atoms with Gasteiger partial charge < -0.3 is 15.2 Å². The molecule has 0 bridgehead atoms. The minimum Gasteiger partial charge on any atom is -0.480 e. The first-order chi connectivity index (χ1) is 4.75. The molecule has 0 spiro atoms. The van der Waals surface area contributed by atoms with Crippen LogP contribution in [0.3, 0.4) is 0 Å². The molecule has 0 aromatic heterocycles. The van der Waals surface area contributed by atoms with E-state index >= 15 is 0 Å². The number of rotatable bonds is 2. The van der Waals surface area contributed by atoms with Crippen LogP contribution in [0.25, 0.3) is 0 Å². The van der Waals surface area contributed by atoms with Crippen LogP contribution >= 0.6 is 0 Å². The van der Waals surface area contributed by atoms with E-state index in [4.69, 9.17) is 9.84 Å². The summed E-state index contributed by atoms with van der Waals surface area (Å²) in [5.74, 6) is -0.829. The Hall–Kier alpha value is -0.610. The Morgan fingerprint density at radius 2 is 2.50 bits per heavy atom. The topological polar surface area (TPSA) is 58.6 Å². The Balaban J connectivity index is 2.50. The first-order valence-corrected chi connectivity index (χ1v) is 3.24. The monoisotopic (exact) mass is 145 g/mol. The van der Waals surface area contributed by atoms with E-state index in [2.05, 4.69) is 5.32 Å². The molecule has 1 aliphatic rings. The minimum atomic E-state index is -0.829. The normalized spacial score (nSPS) is 32.5. The SMILES string of the molecule is CO[C@H]1CCN[C@@H]1C(=O)O. The quantitative estimate of drug-likeness (QED) is 0.547. The smallest absolute Gasteiger partial charge is 0.323 e. The largest absolute Gasteiger partial charge is 0.480 e. The molecule has 0 unspecified atom stereocenters. The molecule has 1 rings (SSSR count). The van der Waals surface area contributed by atoms with Gasteiger partial charge in [0.15, 0.2) is 0 Å². The average Bonchev–Trinajstić information content (AvgIpc) is 2.33. The number of ether oxygens (including phenoxy) is 1. The third-order valence-corrected chi connectivity index (χ3v) is 1.73. The lowest BCUT2D eigenvalue weighted by Gasteiger charge is -2.12. The van der Waals surface area contributed by atoms with E-state index < -0.39 is 12.0 Å². The Morgan fingerprint density at radius 1 is 1.80 bits per heavy atom. The minimum absolute atomic E-state index is 0.155. The van der Waals surface area contributed by atoms with Crippen LogP contribution in [0.2, 0.25) is 0 Å². The number of carboxylic acid groups (broad SMARTS) is 1. The zero-order valence-corrected chi connectivity index (χ0v) is 5.83. The van der Waals surface area contributed by atoms with Crippen molar-refractivity contribution in [2.24, 2.45) is 0 Å². The first-order valence-electron chi connectivity index (χ1n) is 3.24. The van der Waals surface area contributed by atoms with Gasteiger partial charge in [-0.15, -0.1) is 0 Å². The molecule has 0 aromatic rings. The predicted octanol–water partition coefficient (Wildman–Crippen LogP) is -0.552. The molecule has 0 aromatic carbocycles. The standard InChI is InChI=1S/C6H11NO3/c1-10-4-2-3-7-5(4)6(8)9/h4-5,7H,2-3H2,1H3,(H,8,9)/t4-,5-/m0/s1. The fourth-order valence-electron chi connectivity index (χ4n) is 1.18. The Labute approximate surface area is 59.2 Å². The molecule has 4 heteroatoms. The lowest BCUT2D eigenvalue weighted by molar-refractivity contribution is -0.141. The summed E-state index contributed by atoms with van der Waals surface area (Å²) < 4.78 is 4.94. The summed E-state index contributed by atoms with van der Waals surface area (Å²) in [5, 5.41) is 11.4. The summed E-state index contributed by atoms with van der Waals surface area (Å²) in [7, 11) is 1.54. The highest BCUT2D eigenvalue weighted by Gasteiger charge is 2.32.